The molecule has 0 spiro atoms. The number of benzene rings is 2. The molecule has 0 saturated heterocycles. The van der Waals surface area contributed by atoms with E-state index in [1.165, 1.54) is 22.5 Å². The second-order valence-corrected chi connectivity index (χ2v) is 9.41. The molecule has 0 aliphatic rings. The Morgan fingerprint density at radius 2 is 1.90 bits per heavy atom. The SMILES string of the molecule is CC(C)c1ccc(CNc2cccc3c2cc(C(=O)O)n3Cc2ccc(Cl)s2)cc1. The number of aromatic nitrogens is 1. The largest absolute Gasteiger partial charge is 0.477 e. The van der Waals surface area contributed by atoms with Crippen molar-refractivity contribution in [3.63, 3.8) is 0 Å². The highest BCUT2D eigenvalue weighted by Crippen LogP contribution is 2.30. The predicted molar refractivity (Wildman–Crippen MR) is 125 cm³/mol. The Balaban J connectivity index is 1.64. The van der Waals surface area contributed by atoms with E-state index >= 15 is 0 Å². The standard InChI is InChI=1S/C24H23ClN2O2S/c1-15(2)17-8-6-16(7-9-17)13-26-20-4-3-5-21-19(20)12-22(24(28)29)27(21)14-18-10-11-23(25)30-18/h3-12,15,26H,13-14H2,1-2H3,(H,28,29). The number of anilines is 1. The Labute approximate surface area is 184 Å². The molecule has 0 aliphatic heterocycles. The van der Waals surface area contributed by atoms with E-state index in [2.05, 4.69) is 43.4 Å². The van der Waals surface area contributed by atoms with Gasteiger partial charge < -0.3 is 15.0 Å². The number of thiophene rings is 1. The minimum absolute atomic E-state index is 0.269. The van der Waals surface area contributed by atoms with Crippen LogP contribution in [-0.2, 0) is 13.1 Å². The highest BCUT2D eigenvalue weighted by atomic mass is 35.5. The number of hydrogen-bond acceptors (Lipinski definition) is 3. The summed E-state index contributed by atoms with van der Waals surface area (Å²) in [6.45, 7) is 5.51. The highest BCUT2D eigenvalue weighted by molar-refractivity contribution is 7.16. The number of carboxylic acids is 1. The maximum atomic E-state index is 11.9. The van der Waals surface area contributed by atoms with Crippen molar-refractivity contribution in [1.29, 1.82) is 0 Å². The number of fused-ring (bicyclic) bond motifs is 1. The zero-order valence-corrected chi connectivity index (χ0v) is 18.4. The number of halogens is 1. The van der Waals surface area contributed by atoms with Crippen LogP contribution in [0.5, 0.6) is 0 Å². The van der Waals surface area contributed by atoms with Gasteiger partial charge in [0, 0.05) is 22.5 Å². The molecule has 0 bridgehead atoms. The molecule has 0 saturated carbocycles. The number of nitrogens with zero attached hydrogens (tertiary/aromatic N) is 1. The topological polar surface area (TPSA) is 54.3 Å². The summed E-state index contributed by atoms with van der Waals surface area (Å²) in [5, 5.41) is 14.1. The molecule has 0 atom stereocenters. The van der Waals surface area contributed by atoms with Crippen molar-refractivity contribution in [3.05, 3.63) is 86.7 Å². The van der Waals surface area contributed by atoms with Crippen LogP contribution in [0.15, 0.2) is 60.7 Å². The summed E-state index contributed by atoms with van der Waals surface area (Å²) in [6.07, 6.45) is 0. The van der Waals surface area contributed by atoms with E-state index < -0.39 is 5.97 Å². The van der Waals surface area contributed by atoms with Gasteiger partial charge in [0.2, 0.25) is 0 Å². The second kappa shape index (κ2) is 8.54. The molecular weight excluding hydrogens is 416 g/mol. The zero-order chi connectivity index (χ0) is 21.3. The van der Waals surface area contributed by atoms with Crippen molar-refractivity contribution in [1.82, 2.24) is 4.57 Å². The smallest absolute Gasteiger partial charge is 0.352 e. The summed E-state index contributed by atoms with van der Waals surface area (Å²) in [4.78, 5) is 12.9. The fraction of sp³-hybridized carbons (Fsp3) is 0.208. The fourth-order valence-electron chi connectivity index (χ4n) is 3.60. The molecule has 2 aromatic carbocycles. The summed E-state index contributed by atoms with van der Waals surface area (Å²) in [5.41, 5.74) is 4.58. The number of rotatable bonds is 7. The number of nitrogens with one attached hydrogen (secondary N) is 1. The van der Waals surface area contributed by atoms with Gasteiger partial charge in [0.1, 0.15) is 5.69 Å². The van der Waals surface area contributed by atoms with Gasteiger partial charge in [0.05, 0.1) is 16.4 Å². The van der Waals surface area contributed by atoms with Crippen molar-refractivity contribution in [2.45, 2.75) is 32.9 Å². The van der Waals surface area contributed by atoms with Gasteiger partial charge in [0.25, 0.3) is 0 Å². The van der Waals surface area contributed by atoms with Crippen LogP contribution in [0.3, 0.4) is 0 Å². The molecule has 154 valence electrons. The lowest BCUT2D eigenvalue weighted by Crippen LogP contribution is -2.08. The minimum Gasteiger partial charge on any atom is -0.477 e. The first-order valence-electron chi connectivity index (χ1n) is 9.85. The Bertz CT molecular complexity index is 1190. The number of aromatic carboxylic acids is 1. The van der Waals surface area contributed by atoms with E-state index in [0.29, 0.717) is 23.3 Å². The molecule has 2 heterocycles. The third-order valence-electron chi connectivity index (χ3n) is 5.24. The quantitative estimate of drug-likeness (QED) is 0.332. The van der Waals surface area contributed by atoms with Gasteiger partial charge in [-0.15, -0.1) is 11.3 Å². The molecule has 2 N–H and O–H groups in total. The Kier molecular flexibility index (Phi) is 5.84. The third-order valence-corrected chi connectivity index (χ3v) is 6.45. The van der Waals surface area contributed by atoms with Crippen LogP contribution in [0, 0.1) is 0 Å². The van der Waals surface area contributed by atoms with E-state index in [0.717, 1.165) is 21.5 Å². The van der Waals surface area contributed by atoms with Gasteiger partial charge in [-0.1, -0.05) is 55.8 Å². The summed E-state index contributed by atoms with van der Waals surface area (Å²) >= 11 is 7.52. The monoisotopic (exact) mass is 438 g/mol. The summed E-state index contributed by atoms with van der Waals surface area (Å²) in [7, 11) is 0. The van der Waals surface area contributed by atoms with E-state index in [-0.39, 0.29) is 5.69 Å². The number of carbonyl (C=O) groups is 1. The van der Waals surface area contributed by atoms with Gasteiger partial charge >= 0.3 is 5.97 Å². The Morgan fingerprint density at radius 1 is 1.13 bits per heavy atom. The van der Waals surface area contributed by atoms with Crippen LogP contribution in [0.2, 0.25) is 4.34 Å². The van der Waals surface area contributed by atoms with Gasteiger partial charge in [-0.2, -0.15) is 0 Å². The summed E-state index contributed by atoms with van der Waals surface area (Å²) in [6, 6.07) is 20.0. The molecule has 2 aromatic heterocycles. The van der Waals surface area contributed by atoms with Crippen molar-refractivity contribution < 1.29 is 9.90 Å². The normalized spacial score (nSPS) is 11.3. The van der Waals surface area contributed by atoms with E-state index in [1.807, 2.05) is 34.9 Å². The molecule has 4 nitrogen and oxygen atoms in total. The molecule has 0 unspecified atom stereocenters. The van der Waals surface area contributed by atoms with Crippen LogP contribution in [0.25, 0.3) is 10.9 Å². The van der Waals surface area contributed by atoms with Crippen molar-refractivity contribution in [2.75, 3.05) is 5.32 Å². The molecule has 4 aromatic rings. The van der Waals surface area contributed by atoms with Crippen LogP contribution in [-0.4, -0.2) is 15.6 Å². The average molecular weight is 439 g/mol. The maximum absolute atomic E-state index is 11.9. The molecular formula is C24H23ClN2O2S. The van der Waals surface area contributed by atoms with Gasteiger partial charge in [0.15, 0.2) is 0 Å². The summed E-state index contributed by atoms with van der Waals surface area (Å²) in [5.74, 6) is -0.433. The first-order valence-corrected chi connectivity index (χ1v) is 11.0. The van der Waals surface area contributed by atoms with E-state index in [4.69, 9.17) is 11.6 Å². The van der Waals surface area contributed by atoms with Crippen LogP contribution >= 0.6 is 22.9 Å². The zero-order valence-electron chi connectivity index (χ0n) is 16.9. The van der Waals surface area contributed by atoms with E-state index in [9.17, 15) is 9.90 Å². The maximum Gasteiger partial charge on any atom is 0.352 e. The highest BCUT2D eigenvalue weighted by Gasteiger charge is 2.17. The lowest BCUT2D eigenvalue weighted by Gasteiger charge is -2.11. The number of carboxylic acid groups (broad SMARTS) is 1. The lowest BCUT2D eigenvalue weighted by molar-refractivity contribution is 0.0686. The van der Waals surface area contributed by atoms with Crippen molar-refractivity contribution in [3.8, 4) is 0 Å². The van der Waals surface area contributed by atoms with Crippen molar-refractivity contribution in [2.24, 2.45) is 0 Å². The molecule has 30 heavy (non-hydrogen) atoms. The molecule has 4 rings (SSSR count). The molecule has 0 amide bonds. The van der Waals surface area contributed by atoms with Crippen LogP contribution in [0.4, 0.5) is 5.69 Å². The van der Waals surface area contributed by atoms with Gasteiger partial charge in [-0.3, -0.25) is 0 Å². The Hall–Kier alpha value is -2.76. The van der Waals surface area contributed by atoms with Gasteiger partial charge in [-0.05, 0) is 47.4 Å². The average Bonchev–Trinajstić information content (AvgIpc) is 3.31. The Morgan fingerprint density at radius 3 is 2.53 bits per heavy atom. The molecule has 6 heteroatoms. The van der Waals surface area contributed by atoms with Crippen LogP contribution < -0.4 is 5.32 Å². The van der Waals surface area contributed by atoms with Gasteiger partial charge in [-0.25, -0.2) is 4.79 Å². The second-order valence-electron chi connectivity index (χ2n) is 7.61. The van der Waals surface area contributed by atoms with Crippen LogP contribution in [0.1, 0.15) is 46.3 Å². The molecule has 0 fully saturated rings. The third kappa shape index (κ3) is 4.23. The van der Waals surface area contributed by atoms with E-state index in [1.54, 1.807) is 6.07 Å². The first-order chi connectivity index (χ1) is 14.4. The molecule has 0 radical (unpaired) electrons. The minimum atomic E-state index is -0.941. The molecule has 0 aliphatic carbocycles. The number of hydrogen-bond donors (Lipinski definition) is 2. The predicted octanol–water partition coefficient (Wildman–Crippen LogP) is 6.84. The summed E-state index contributed by atoms with van der Waals surface area (Å²) < 4.78 is 2.53. The fourth-order valence-corrected chi connectivity index (χ4v) is 4.67. The lowest BCUT2D eigenvalue weighted by atomic mass is 10.0. The van der Waals surface area contributed by atoms with Crippen molar-refractivity contribution >= 4 is 45.5 Å². The first kappa shape index (κ1) is 20.5.